The third-order valence-corrected chi connectivity index (χ3v) is 6.94. The van der Waals surface area contributed by atoms with Crippen molar-refractivity contribution in [1.29, 1.82) is 0 Å². The van der Waals surface area contributed by atoms with Crippen molar-refractivity contribution >= 4 is 35.7 Å². The van der Waals surface area contributed by atoms with Crippen LogP contribution < -0.4 is 15.6 Å². The van der Waals surface area contributed by atoms with Gasteiger partial charge in [0.25, 0.3) is 11.5 Å². The summed E-state index contributed by atoms with van der Waals surface area (Å²) < 4.78 is 7.17. The molecule has 0 saturated heterocycles. The number of nitrogens with one attached hydrogen (secondary N) is 2. The van der Waals surface area contributed by atoms with E-state index in [0.717, 1.165) is 5.57 Å². The van der Waals surface area contributed by atoms with Gasteiger partial charge in [-0.25, -0.2) is 4.99 Å². The number of aliphatic imine (C=N–C) groups is 1. The average Bonchev–Trinajstić information content (AvgIpc) is 2.99. The number of aromatic nitrogens is 2. The molecular formula is C32H25N5O4S. The van der Waals surface area contributed by atoms with Gasteiger partial charge in [0.1, 0.15) is 29.1 Å². The fourth-order valence-corrected chi connectivity index (χ4v) is 4.91. The Morgan fingerprint density at radius 1 is 0.976 bits per heavy atom. The van der Waals surface area contributed by atoms with Gasteiger partial charge >= 0.3 is 0 Å². The molecule has 1 atom stereocenters. The number of carbonyl (C=O) groups excluding carboxylic acids is 1. The van der Waals surface area contributed by atoms with Crippen LogP contribution in [0.15, 0.2) is 124 Å². The number of anilines is 1. The smallest absolute Gasteiger partial charge is 0.263 e. The van der Waals surface area contributed by atoms with Crippen LogP contribution in [0.25, 0.3) is 11.8 Å². The molecule has 1 aromatic heterocycles. The number of hydrogen-bond acceptors (Lipinski definition) is 7. The van der Waals surface area contributed by atoms with Crippen LogP contribution >= 0.6 is 12.2 Å². The Kier molecular flexibility index (Phi) is 7.12. The largest absolute Gasteiger partial charge is 0.494 e. The van der Waals surface area contributed by atoms with Crippen molar-refractivity contribution in [2.75, 3.05) is 5.32 Å². The van der Waals surface area contributed by atoms with Crippen LogP contribution in [-0.4, -0.2) is 37.5 Å². The van der Waals surface area contributed by atoms with E-state index in [1.54, 1.807) is 30.5 Å². The summed E-state index contributed by atoms with van der Waals surface area (Å²) in [6.45, 7) is 1.88. The second kappa shape index (κ2) is 11.2. The number of para-hydroxylation sites is 2. The number of nitrogens with zero attached hydrogens (tertiary/aromatic N) is 3. The molecule has 42 heavy (non-hydrogen) atoms. The number of aromatic amines is 1. The van der Waals surface area contributed by atoms with Gasteiger partial charge in [0.15, 0.2) is 4.77 Å². The third-order valence-electron chi connectivity index (χ3n) is 6.66. The quantitative estimate of drug-likeness (QED) is 0.201. The first-order valence-electron chi connectivity index (χ1n) is 13.1. The van der Waals surface area contributed by atoms with E-state index in [-0.39, 0.29) is 27.7 Å². The van der Waals surface area contributed by atoms with E-state index in [4.69, 9.17) is 21.9 Å². The minimum absolute atomic E-state index is 0.0116. The van der Waals surface area contributed by atoms with E-state index in [0.29, 0.717) is 22.9 Å². The van der Waals surface area contributed by atoms with Crippen molar-refractivity contribution in [1.82, 2.24) is 14.5 Å². The maximum absolute atomic E-state index is 13.8. The summed E-state index contributed by atoms with van der Waals surface area (Å²) in [6, 6.07) is 25.5. The molecule has 3 N–H and O–H groups in total. The summed E-state index contributed by atoms with van der Waals surface area (Å²) in [7, 11) is 0. The highest BCUT2D eigenvalue weighted by molar-refractivity contribution is 7.71. The second-order valence-corrected chi connectivity index (χ2v) is 10.0. The SMILES string of the molecule is CC1=CN2C(=O)C(=Cc3c(O)n(-c4ccc(Oc5ccccc5)cc4)c(=S)[nH]c3=O)C(Nc3ccccc3)=NC2C=C1. The van der Waals surface area contributed by atoms with E-state index in [1.165, 1.54) is 15.5 Å². The van der Waals surface area contributed by atoms with Crippen LogP contribution in [0.4, 0.5) is 5.69 Å². The summed E-state index contributed by atoms with van der Waals surface area (Å²) in [6.07, 6.45) is 6.21. The third kappa shape index (κ3) is 5.30. The topological polar surface area (TPSA) is 112 Å². The molecule has 2 aliphatic heterocycles. The minimum Gasteiger partial charge on any atom is -0.494 e. The highest BCUT2D eigenvalue weighted by atomic mass is 32.1. The number of hydrogen-bond donors (Lipinski definition) is 3. The molecule has 0 saturated carbocycles. The predicted octanol–water partition coefficient (Wildman–Crippen LogP) is 5.93. The number of fused-ring (bicyclic) bond motifs is 1. The molecule has 1 amide bonds. The zero-order valence-corrected chi connectivity index (χ0v) is 23.2. The van der Waals surface area contributed by atoms with Gasteiger partial charge in [-0.3, -0.25) is 24.0 Å². The van der Waals surface area contributed by atoms with Crippen LogP contribution in [0, 0.1) is 4.77 Å². The van der Waals surface area contributed by atoms with Crippen molar-refractivity contribution in [2.24, 2.45) is 4.99 Å². The van der Waals surface area contributed by atoms with Crippen LogP contribution in [0.5, 0.6) is 17.4 Å². The first-order valence-corrected chi connectivity index (χ1v) is 13.5. The second-order valence-electron chi connectivity index (χ2n) is 9.63. The molecule has 10 heteroatoms. The van der Waals surface area contributed by atoms with Gasteiger partial charge in [0.05, 0.1) is 11.3 Å². The van der Waals surface area contributed by atoms with Crippen molar-refractivity contribution in [3.8, 4) is 23.1 Å². The molecule has 6 rings (SSSR count). The number of aromatic hydroxyl groups is 1. The zero-order chi connectivity index (χ0) is 29.2. The minimum atomic E-state index is -0.649. The molecule has 3 heterocycles. The molecule has 1 unspecified atom stereocenters. The van der Waals surface area contributed by atoms with Crippen LogP contribution in [-0.2, 0) is 4.79 Å². The molecular weight excluding hydrogens is 550 g/mol. The number of allylic oxidation sites excluding steroid dienone is 2. The van der Waals surface area contributed by atoms with Gasteiger partial charge in [-0.2, -0.15) is 0 Å². The number of benzene rings is 3. The Bertz CT molecular complexity index is 1910. The standard InChI is InChI=1S/C32H25N5O4S/c1-20-12-17-27-34-28(33-21-8-4-2-5-9-21)25(30(39)36(27)19-20)18-26-29(38)35-32(42)37(31(26)40)22-13-15-24(16-14-22)41-23-10-6-3-7-11-23/h2-19,27,40H,1H3,(H,33,34)(H,35,38,42). The van der Waals surface area contributed by atoms with E-state index in [9.17, 15) is 14.7 Å². The van der Waals surface area contributed by atoms with Crippen LogP contribution in [0.3, 0.4) is 0 Å². The average molecular weight is 576 g/mol. The molecule has 3 aromatic carbocycles. The van der Waals surface area contributed by atoms with Crippen molar-refractivity contribution < 1.29 is 14.6 Å². The Labute approximate surface area is 246 Å². The van der Waals surface area contributed by atoms with Crippen molar-refractivity contribution in [3.63, 3.8) is 0 Å². The van der Waals surface area contributed by atoms with Crippen molar-refractivity contribution in [2.45, 2.75) is 13.1 Å². The highest BCUT2D eigenvalue weighted by Gasteiger charge is 2.33. The summed E-state index contributed by atoms with van der Waals surface area (Å²) in [5, 5.41) is 14.6. The summed E-state index contributed by atoms with van der Waals surface area (Å²) >= 11 is 5.40. The predicted molar refractivity (Wildman–Crippen MR) is 164 cm³/mol. The van der Waals surface area contributed by atoms with Gasteiger partial charge in [-0.15, -0.1) is 0 Å². The summed E-state index contributed by atoms with van der Waals surface area (Å²) in [5.74, 6) is 0.717. The first kappa shape index (κ1) is 26.7. The lowest BCUT2D eigenvalue weighted by molar-refractivity contribution is -0.125. The monoisotopic (exact) mass is 575 g/mol. The number of amides is 1. The number of H-pyrrole nitrogens is 1. The van der Waals surface area contributed by atoms with Crippen LogP contribution in [0.2, 0.25) is 0 Å². The van der Waals surface area contributed by atoms with E-state index in [2.05, 4.69) is 10.3 Å². The fourth-order valence-electron chi connectivity index (χ4n) is 4.62. The van der Waals surface area contributed by atoms with Gasteiger partial charge < -0.3 is 15.2 Å². The molecule has 0 fully saturated rings. The van der Waals surface area contributed by atoms with E-state index in [1.807, 2.05) is 79.7 Å². The number of rotatable bonds is 5. The Hall–Kier alpha value is -5.48. The summed E-state index contributed by atoms with van der Waals surface area (Å²) in [4.78, 5) is 35.7. The lowest BCUT2D eigenvalue weighted by atomic mass is 10.0. The highest BCUT2D eigenvalue weighted by Crippen LogP contribution is 2.29. The molecule has 0 radical (unpaired) electrons. The lowest BCUT2D eigenvalue weighted by Gasteiger charge is -2.33. The maximum atomic E-state index is 13.8. The van der Waals surface area contributed by atoms with E-state index < -0.39 is 17.6 Å². The molecule has 0 bridgehead atoms. The number of amidine groups is 1. The molecule has 208 valence electrons. The summed E-state index contributed by atoms with van der Waals surface area (Å²) in [5.41, 5.74) is 1.38. The van der Waals surface area contributed by atoms with E-state index >= 15 is 0 Å². The Morgan fingerprint density at radius 3 is 2.36 bits per heavy atom. The number of ether oxygens (including phenoxy) is 1. The van der Waals surface area contributed by atoms with Gasteiger partial charge in [-0.05, 0) is 85.4 Å². The first-order chi connectivity index (χ1) is 20.4. The maximum Gasteiger partial charge on any atom is 0.263 e. The van der Waals surface area contributed by atoms with Crippen molar-refractivity contribution in [3.05, 3.63) is 135 Å². The fraction of sp³-hybridized carbons (Fsp3) is 0.0625. The van der Waals surface area contributed by atoms with Gasteiger partial charge in [0, 0.05) is 11.9 Å². The Balaban J connectivity index is 1.42. The van der Waals surface area contributed by atoms with Gasteiger partial charge in [0.2, 0.25) is 5.88 Å². The molecule has 9 nitrogen and oxygen atoms in total. The zero-order valence-electron chi connectivity index (χ0n) is 22.4. The Morgan fingerprint density at radius 2 is 1.64 bits per heavy atom. The van der Waals surface area contributed by atoms with Crippen LogP contribution in [0.1, 0.15) is 12.5 Å². The molecule has 2 aliphatic rings. The molecule has 4 aromatic rings. The number of carbonyl (C=O) groups is 1. The molecule has 0 aliphatic carbocycles. The normalized spacial score (nSPS) is 17.0. The van der Waals surface area contributed by atoms with Gasteiger partial charge in [-0.1, -0.05) is 42.5 Å². The lowest BCUT2D eigenvalue weighted by Crippen LogP contribution is -2.44. The molecule has 0 spiro atoms.